The minimum Gasteiger partial charge on any atom is -0.447 e. The van der Waals surface area contributed by atoms with Crippen LogP contribution in [0.25, 0.3) is 0 Å². The van der Waals surface area contributed by atoms with E-state index in [0.29, 0.717) is 5.69 Å². The zero-order valence-electron chi connectivity index (χ0n) is 8.31. The molecule has 15 heavy (non-hydrogen) atoms. The van der Waals surface area contributed by atoms with E-state index >= 15 is 0 Å². The van der Waals surface area contributed by atoms with Crippen molar-refractivity contribution in [2.24, 2.45) is 0 Å². The first kappa shape index (κ1) is 11.5. The quantitative estimate of drug-likeness (QED) is 0.825. The third kappa shape index (κ3) is 3.21. The molecule has 1 aromatic carbocycles. The summed E-state index contributed by atoms with van der Waals surface area (Å²) >= 11 is 0. The van der Waals surface area contributed by atoms with Crippen LogP contribution in [0.3, 0.4) is 0 Å². The van der Waals surface area contributed by atoms with Crippen molar-refractivity contribution in [2.75, 3.05) is 25.2 Å². The maximum absolute atomic E-state index is 12.8. The van der Waals surface area contributed by atoms with Crippen molar-refractivity contribution in [1.29, 1.82) is 0 Å². The van der Waals surface area contributed by atoms with Gasteiger partial charge in [0.15, 0.2) is 0 Å². The number of amides is 1. The minimum absolute atomic E-state index is 0.0709. The van der Waals surface area contributed by atoms with E-state index in [-0.39, 0.29) is 13.2 Å². The zero-order chi connectivity index (χ0) is 11.3. The molecule has 1 aromatic rings. The summed E-state index contributed by atoms with van der Waals surface area (Å²) in [5, 5.41) is 8.46. The maximum Gasteiger partial charge on any atom is 0.414 e. The smallest absolute Gasteiger partial charge is 0.414 e. The van der Waals surface area contributed by atoms with Crippen LogP contribution in [0.2, 0.25) is 0 Å². The lowest BCUT2D eigenvalue weighted by molar-refractivity contribution is 0.126. The number of hydrogen-bond donors (Lipinski definition) is 1. The molecule has 0 saturated heterocycles. The van der Waals surface area contributed by atoms with Crippen LogP contribution in [0.15, 0.2) is 24.3 Å². The third-order valence-electron chi connectivity index (χ3n) is 1.79. The Labute approximate surface area is 86.9 Å². The average molecular weight is 213 g/mol. The average Bonchev–Trinajstić information content (AvgIpc) is 2.24. The summed E-state index contributed by atoms with van der Waals surface area (Å²) in [6.45, 7) is -0.304. The Kier molecular flexibility index (Phi) is 4.05. The van der Waals surface area contributed by atoms with E-state index in [0.717, 1.165) is 0 Å². The summed E-state index contributed by atoms with van der Waals surface area (Å²) in [5.41, 5.74) is 0.401. The molecule has 0 saturated carbocycles. The lowest BCUT2D eigenvalue weighted by Gasteiger charge is -2.16. The first-order chi connectivity index (χ1) is 7.15. The van der Waals surface area contributed by atoms with Gasteiger partial charge in [0.1, 0.15) is 12.4 Å². The second kappa shape index (κ2) is 5.31. The van der Waals surface area contributed by atoms with Crippen molar-refractivity contribution in [2.45, 2.75) is 0 Å². The van der Waals surface area contributed by atoms with Crippen molar-refractivity contribution in [1.82, 2.24) is 0 Å². The molecule has 1 N–H and O–H groups in total. The predicted molar refractivity (Wildman–Crippen MR) is 53.2 cm³/mol. The van der Waals surface area contributed by atoms with Crippen LogP contribution in [0.5, 0.6) is 0 Å². The molecule has 4 nitrogen and oxygen atoms in total. The molecule has 0 unspecified atom stereocenters. The van der Waals surface area contributed by atoms with Crippen LogP contribution in [-0.4, -0.2) is 31.5 Å². The van der Waals surface area contributed by atoms with E-state index in [4.69, 9.17) is 5.11 Å². The number of benzene rings is 1. The lowest BCUT2D eigenvalue weighted by atomic mass is 10.3. The van der Waals surface area contributed by atoms with Gasteiger partial charge < -0.3 is 9.84 Å². The van der Waals surface area contributed by atoms with Crippen molar-refractivity contribution in [3.63, 3.8) is 0 Å². The normalized spacial score (nSPS) is 9.80. The van der Waals surface area contributed by atoms with Crippen LogP contribution >= 0.6 is 0 Å². The summed E-state index contributed by atoms with van der Waals surface area (Å²) in [6.07, 6.45) is -0.630. The van der Waals surface area contributed by atoms with Gasteiger partial charge in [0.2, 0.25) is 0 Å². The van der Waals surface area contributed by atoms with E-state index in [2.05, 4.69) is 4.74 Å². The van der Waals surface area contributed by atoms with Crippen LogP contribution in [-0.2, 0) is 4.74 Å². The number of rotatable bonds is 3. The number of aliphatic hydroxyl groups excluding tert-OH is 1. The van der Waals surface area contributed by atoms with Crippen LogP contribution in [0.4, 0.5) is 14.9 Å². The molecular formula is C10H12FNO3. The predicted octanol–water partition coefficient (Wildman–Crippen LogP) is 1.39. The highest BCUT2D eigenvalue weighted by Gasteiger charge is 2.11. The molecule has 0 aliphatic heterocycles. The second-order valence-electron chi connectivity index (χ2n) is 2.88. The molecular weight excluding hydrogens is 201 g/mol. The fraction of sp³-hybridized carbons (Fsp3) is 0.300. The standard InChI is InChI=1S/C10H12FNO3/c1-12(10(14)15-6-5-13)9-4-2-3-8(11)7-9/h2-4,7,13H,5-6H2,1H3. The molecule has 0 atom stereocenters. The highest BCUT2D eigenvalue weighted by Crippen LogP contribution is 2.14. The topological polar surface area (TPSA) is 49.8 Å². The largest absolute Gasteiger partial charge is 0.447 e. The van der Waals surface area contributed by atoms with Gasteiger partial charge in [-0.15, -0.1) is 0 Å². The maximum atomic E-state index is 12.8. The number of ether oxygens (including phenoxy) is 1. The molecule has 0 radical (unpaired) electrons. The highest BCUT2D eigenvalue weighted by atomic mass is 19.1. The molecule has 0 aliphatic carbocycles. The van der Waals surface area contributed by atoms with Gasteiger partial charge in [0.05, 0.1) is 6.61 Å². The Bertz CT molecular complexity index is 343. The number of hydrogen-bond acceptors (Lipinski definition) is 3. The molecule has 82 valence electrons. The lowest BCUT2D eigenvalue weighted by Crippen LogP contribution is -2.27. The SMILES string of the molecule is CN(C(=O)OCCO)c1cccc(F)c1. The van der Waals surface area contributed by atoms with Crippen LogP contribution in [0, 0.1) is 5.82 Å². The summed E-state index contributed by atoms with van der Waals surface area (Å²) in [4.78, 5) is 12.4. The number of anilines is 1. The fourth-order valence-electron chi connectivity index (χ4n) is 1.02. The summed E-state index contributed by atoms with van der Waals surface area (Å²) in [6, 6.07) is 5.60. The first-order valence-electron chi connectivity index (χ1n) is 4.42. The summed E-state index contributed by atoms with van der Waals surface area (Å²) in [7, 11) is 1.47. The van der Waals surface area contributed by atoms with E-state index in [1.807, 2.05) is 0 Å². The summed E-state index contributed by atoms with van der Waals surface area (Å²) in [5.74, 6) is -0.422. The van der Waals surface area contributed by atoms with Crippen molar-refractivity contribution < 1.29 is 19.0 Å². The highest BCUT2D eigenvalue weighted by molar-refractivity contribution is 5.86. The molecule has 5 heteroatoms. The van der Waals surface area contributed by atoms with Gasteiger partial charge in [-0.1, -0.05) is 6.07 Å². The molecule has 0 aliphatic rings. The molecule has 0 fully saturated rings. The van der Waals surface area contributed by atoms with Gasteiger partial charge in [-0.2, -0.15) is 0 Å². The summed E-state index contributed by atoms with van der Waals surface area (Å²) < 4.78 is 17.5. The zero-order valence-corrected chi connectivity index (χ0v) is 8.31. The Hall–Kier alpha value is -1.62. The molecule has 1 rings (SSSR count). The van der Waals surface area contributed by atoms with E-state index < -0.39 is 11.9 Å². The number of carbonyl (C=O) groups excluding carboxylic acids is 1. The van der Waals surface area contributed by atoms with Gasteiger partial charge in [-0.25, -0.2) is 9.18 Å². The molecule has 0 spiro atoms. The van der Waals surface area contributed by atoms with E-state index in [9.17, 15) is 9.18 Å². The number of carbonyl (C=O) groups is 1. The molecule has 0 aromatic heterocycles. The first-order valence-corrected chi connectivity index (χ1v) is 4.42. The molecule has 0 bridgehead atoms. The molecule has 0 heterocycles. The number of aliphatic hydroxyl groups is 1. The van der Waals surface area contributed by atoms with Gasteiger partial charge in [0.25, 0.3) is 0 Å². The van der Waals surface area contributed by atoms with Crippen molar-refractivity contribution in [3.8, 4) is 0 Å². The van der Waals surface area contributed by atoms with Gasteiger partial charge in [-0.05, 0) is 18.2 Å². The van der Waals surface area contributed by atoms with E-state index in [1.165, 1.54) is 30.1 Å². The second-order valence-corrected chi connectivity index (χ2v) is 2.88. The van der Waals surface area contributed by atoms with Crippen LogP contribution < -0.4 is 4.90 Å². The monoisotopic (exact) mass is 213 g/mol. The van der Waals surface area contributed by atoms with Crippen LogP contribution in [0.1, 0.15) is 0 Å². The fourth-order valence-corrected chi connectivity index (χ4v) is 1.02. The Balaban J connectivity index is 2.67. The minimum atomic E-state index is -0.630. The van der Waals surface area contributed by atoms with Gasteiger partial charge >= 0.3 is 6.09 Å². The Morgan fingerprint density at radius 1 is 1.60 bits per heavy atom. The van der Waals surface area contributed by atoms with Gasteiger partial charge in [-0.3, -0.25) is 4.90 Å². The number of nitrogens with zero attached hydrogens (tertiary/aromatic N) is 1. The molecule has 1 amide bonds. The Morgan fingerprint density at radius 3 is 2.93 bits per heavy atom. The third-order valence-corrected chi connectivity index (χ3v) is 1.79. The Morgan fingerprint density at radius 2 is 2.33 bits per heavy atom. The van der Waals surface area contributed by atoms with Crippen molar-refractivity contribution >= 4 is 11.8 Å². The van der Waals surface area contributed by atoms with E-state index in [1.54, 1.807) is 6.07 Å². The van der Waals surface area contributed by atoms with Crippen molar-refractivity contribution in [3.05, 3.63) is 30.1 Å². The number of halogens is 1. The van der Waals surface area contributed by atoms with Gasteiger partial charge in [0, 0.05) is 12.7 Å².